The fourth-order valence-corrected chi connectivity index (χ4v) is 24.9. The molecule has 0 radical (unpaired) electrons. The Balaban J connectivity index is 0.996. The summed E-state index contributed by atoms with van der Waals surface area (Å²) in [5.41, 5.74) is 0. The van der Waals surface area contributed by atoms with E-state index in [4.69, 9.17) is 0 Å². The third-order valence-corrected chi connectivity index (χ3v) is 26.3. The summed E-state index contributed by atoms with van der Waals surface area (Å²) in [6.45, 7) is 0. The Morgan fingerprint density at radius 1 is 0.113 bits per heavy atom. The lowest BCUT2D eigenvalue weighted by molar-refractivity contribution is -0.207. The molecule has 0 spiro atoms. The van der Waals surface area contributed by atoms with Crippen LogP contribution < -0.4 is 0 Å². The molecule has 0 heterocycles. The van der Waals surface area contributed by atoms with Gasteiger partial charge in [-0.15, -0.1) is 0 Å². The summed E-state index contributed by atoms with van der Waals surface area (Å²) in [6, 6.07) is 0. The van der Waals surface area contributed by atoms with Crippen LogP contribution in [0.15, 0.2) is 0 Å². The third-order valence-electron chi connectivity index (χ3n) is 26.3. The van der Waals surface area contributed by atoms with Gasteiger partial charge in [0.15, 0.2) is 0 Å². The summed E-state index contributed by atoms with van der Waals surface area (Å²) in [5.74, 6) is 27.0. The van der Waals surface area contributed by atoms with Gasteiger partial charge in [0, 0.05) is 0 Å². The Kier molecular flexibility index (Phi) is 12.3. The van der Waals surface area contributed by atoms with Crippen molar-refractivity contribution >= 4 is 0 Å². The van der Waals surface area contributed by atoms with Crippen molar-refractivity contribution in [3.8, 4) is 0 Å². The molecule has 0 aliphatic heterocycles. The first-order valence-corrected chi connectivity index (χ1v) is 30.8. The summed E-state index contributed by atoms with van der Waals surface area (Å²) in [4.78, 5) is 0. The van der Waals surface area contributed by atoms with Gasteiger partial charge in [-0.1, -0.05) is 167 Å². The summed E-state index contributed by atoms with van der Waals surface area (Å²) >= 11 is 0. The van der Waals surface area contributed by atoms with Crippen molar-refractivity contribution in [2.45, 2.75) is 244 Å². The normalized spacial score (nSPS) is 53.0. The molecule has 348 valence electrons. The molecule has 0 bridgehead atoms. The first-order valence-electron chi connectivity index (χ1n) is 30.8. The lowest BCUT2D eigenvalue weighted by Crippen LogP contribution is -2.63. The second-order valence-electron chi connectivity index (χ2n) is 27.9. The monoisotopic (exact) mass is 845 g/mol. The van der Waals surface area contributed by atoms with Gasteiger partial charge in [0.1, 0.15) is 0 Å². The topological polar surface area (TPSA) is 0 Å². The minimum absolute atomic E-state index is 1.09. The standard InChI is InChI=1S/C62H100/c1-5-15-39(16-6-1)57-58(40-17-7-2-8-18-40)60(42-21-11-4-12-22-42)62(52-38-34-48-30-28-44-24-14-26-46-32-36-50(52)56(48)54(44)46)61(59(57)41-19-9-3-10-20-41)51-37-33-47-29-27-43-23-13-25-45-31-35-49(51)55(47)53(43)45/h39-62H,1-38H2. The molecule has 0 aromatic rings. The van der Waals surface area contributed by atoms with Gasteiger partial charge in [-0.25, -0.2) is 0 Å². The molecule has 0 aromatic heterocycles. The van der Waals surface area contributed by atoms with Gasteiger partial charge in [-0.2, -0.15) is 0 Å². The molecule has 20 unspecified atom stereocenters. The van der Waals surface area contributed by atoms with Crippen molar-refractivity contribution < 1.29 is 0 Å². The number of hydrogen-bond acceptors (Lipinski definition) is 0. The molecule has 0 amide bonds. The van der Waals surface area contributed by atoms with Crippen LogP contribution in [0.25, 0.3) is 0 Å². The zero-order chi connectivity index (χ0) is 40.7. The van der Waals surface area contributed by atoms with E-state index in [0.29, 0.717) is 0 Å². The van der Waals surface area contributed by atoms with Crippen molar-refractivity contribution in [2.24, 2.45) is 142 Å². The fourth-order valence-electron chi connectivity index (χ4n) is 24.9. The molecule has 13 aliphatic rings. The summed E-state index contributed by atoms with van der Waals surface area (Å²) < 4.78 is 0. The Bertz CT molecular complexity index is 1350. The Hall–Kier alpha value is 0. The van der Waals surface area contributed by atoms with Crippen LogP contribution >= 0.6 is 0 Å². The van der Waals surface area contributed by atoms with Crippen LogP contribution in [0, 0.1) is 142 Å². The maximum Gasteiger partial charge on any atom is -0.0315 e. The predicted octanol–water partition coefficient (Wildman–Crippen LogP) is 17.8. The van der Waals surface area contributed by atoms with E-state index in [-0.39, 0.29) is 0 Å². The SMILES string of the molecule is C1CCC(C2C(C3CCCCC3)C(C3CCCCC3)C(C3CCC4CCC5CCCC6CCC3C4C56)C(C3CCC4CCC5CCCC6CCC3C4C56)C2C2CCCCC2)CC1. The zero-order valence-electron chi connectivity index (χ0n) is 40.7. The largest absolute Gasteiger partial charge is 0.0533 e. The quantitative estimate of drug-likeness (QED) is 0.250. The molecule has 0 nitrogen and oxygen atoms in total. The highest BCUT2D eigenvalue weighted by Crippen LogP contribution is 2.72. The molecule has 0 saturated heterocycles. The molecule has 0 heteroatoms. The second-order valence-corrected chi connectivity index (χ2v) is 27.9. The molecule has 13 rings (SSSR count). The van der Waals surface area contributed by atoms with Gasteiger partial charge in [0.2, 0.25) is 0 Å². The maximum absolute atomic E-state index is 1.71. The highest BCUT2D eigenvalue weighted by atomic mass is 14.7. The molecule has 13 saturated carbocycles. The van der Waals surface area contributed by atoms with Crippen LogP contribution in [0.1, 0.15) is 244 Å². The van der Waals surface area contributed by atoms with E-state index in [1.54, 1.807) is 244 Å². The highest BCUT2D eigenvalue weighted by Gasteiger charge is 2.66. The summed E-state index contributed by atoms with van der Waals surface area (Å²) in [5, 5.41) is 0. The van der Waals surface area contributed by atoms with Crippen molar-refractivity contribution in [1.82, 2.24) is 0 Å². The van der Waals surface area contributed by atoms with E-state index in [2.05, 4.69) is 0 Å². The molecule has 20 atom stereocenters. The zero-order valence-corrected chi connectivity index (χ0v) is 40.7. The number of rotatable bonds is 6. The average Bonchev–Trinajstić information content (AvgIpc) is 3.35. The minimum Gasteiger partial charge on any atom is -0.0533 e. The van der Waals surface area contributed by atoms with E-state index >= 15 is 0 Å². The Morgan fingerprint density at radius 3 is 0.597 bits per heavy atom. The predicted molar refractivity (Wildman–Crippen MR) is 259 cm³/mol. The maximum atomic E-state index is 1.71. The lowest BCUT2D eigenvalue weighted by atomic mass is 9.36. The molecule has 13 aliphatic carbocycles. The van der Waals surface area contributed by atoms with Gasteiger partial charge in [0.05, 0.1) is 0 Å². The van der Waals surface area contributed by atoms with Gasteiger partial charge >= 0.3 is 0 Å². The smallest absolute Gasteiger partial charge is 0.0315 e. The van der Waals surface area contributed by atoms with E-state index < -0.39 is 0 Å². The minimum atomic E-state index is 1.09. The van der Waals surface area contributed by atoms with E-state index in [1.807, 2.05) is 0 Å². The number of hydrogen-bond donors (Lipinski definition) is 0. The summed E-state index contributed by atoms with van der Waals surface area (Å²) in [7, 11) is 0. The van der Waals surface area contributed by atoms with E-state index in [9.17, 15) is 0 Å². The third kappa shape index (κ3) is 7.23. The first-order chi connectivity index (χ1) is 30.8. The molecule has 0 N–H and O–H groups in total. The van der Waals surface area contributed by atoms with Gasteiger partial charge in [0.25, 0.3) is 0 Å². The Morgan fingerprint density at radius 2 is 0.306 bits per heavy atom. The van der Waals surface area contributed by atoms with Crippen LogP contribution in [0.2, 0.25) is 0 Å². The molecule has 0 aromatic carbocycles. The van der Waals surface area contributed by atoms with Crippen LogP contribution in [0.4, 0.5) is 0 Å². The van der Waals surface area contributed by atoms with Gasteiger partial charge in [-0.3, -0.25) is 0 Å². The van der Waals surface area contributed by atoms with Crippen molar-refractivity contribution in [1.29, 1.82) is 0 Å². The van der Waals surface area contributed by atoms with Gasteiger partial charge in [-0.05, 0) is 219 Å². The first kappa shape index (κ1) is 42.1. The molecule has 62 heavy (non-hydrogen) atoms. The molecular weight excluding hydrogens is 745 g/mol. The fraction of sp³-hybridized carbons (Fsp3) is 1.00. The molecule has 13 fully saturated rings. The van der Waals surface area contributed by atoms with E-state index in [1.165, 1.54) is 0 Å². The highest BCUT2D eigenvalue weighted by molar-refractivity contribution is 5.14. The Labute approximate surface area is 384 Å². The van der Waals surface area contributed by atoms with E-state index in [0.717, 1.165) is 142 Å². The van der Waals surface area contributed by atoms with Crippen LogP contribution in [0.5, 0.6) is 0 Å². The van der Waals surface area contributed by atoms with Crippen molar-refractivity contribution in [3.05, 3.63) is 0 Å². The molecular formula is C62H100. The van der Waals surface area contributed by atoms with Crippen LogP contribution in [0.3, 0.4) is 0 Å². The van der Waals surface area contributed by atoms with Gasteiger partial charge < -0.3 is 0 Å². The van der Waals surface area contributed by atoms with Crippen LogP contribution in [-0.4, -0.2) is 0 Å². The average molecular weight is 845 g/mol. The summed E-state index contributed by atoms with van der Waals surface area (Å²) in [6.07, 6.45) is 62.0. The van der Waals surface area contributed by atoms with Crippen molar-refractivity contribution in [2.75, 3.05) is 0 Å². The second kappa shape index (κ2) is 18.1. The lowest BCUT2D eigenvalue weighted by Gasteiger charge is -2.69. The van der Waals surface area contributed by atoms with Crippen LogP contribution in [-0.2, 0) is 0 Å². The van der Waals surface area contributed by atoms with Crippen molar-refractivity contribution in [3.63, 3.8) is 0 Å².